The van der Waals surface area contributed by atoms with Gasteiger partial charge in [0.2, 0.25) is 0 Å². The molecule has 1 fully saturated rings. The minimum Gasteiger partial charge on any atom is -0.506 e. The highest BCUT2D eigenvalue weighted by Crippen LogP contribution is 2.40. The van der Waals surface area contributed by atoms with Crippen LogP contribution in [0, 0.1) is 7.14 Å². The fraction of sp³-hybridized carbons (Fsp3) is 0.538. The van der Waals surface area contributed by atoms with E-state index in [-0.39, 0.29) is 5.75 Å². The first-order valence-corrected chi connectivity index (χ1v) is 8.63. The molecule has 0 aliphatic carbocycles. The summed E-state index contributed by atoms with van der Waals surface area (Å²) >= 11 is 4.01. The van der Waals surface area contributed by atoms with Gasteiger partial charge in [0.05, 0.1) is 9.99 Å². The molecular weight excluding hydrogens is 511 g/mol. The number of phenolic OH excluding ortho intramolecular Hbond substituents is 1. The standard InChI is InChI=1S/C13H15F3I2N2O/c14-13(15,16)7-11(20-3-1-19-2-4-20)9-5-8(17)6-10(18)12(9)21/h5-6,11,19,21H,1-4,7H2/t11-/m1/s1. The normalized spacial score (nSPS) is 18.7. The first-order valence-electron chi connectivity index (χ1n) is 6.47. The molecule has 1 heterocycles. The molecule has 1 aliphatic heterocycles. The molecule has 0 amide bonds. The van der Waals surface area contributed by atoms with Crippen LogP contribution in [0.2, 0.25) is 0 Å². The van der Waals surface area contributed by atoms with E-state index in [4.69, 9.17) is 0 Å². The van der Waals surface area contributed by atoms with Crippen molar-refractivity contribution in [2.45, 2.75) is 18.6 Å². The van der Waals surface area contributed by atoms with Crippen molar-refractivity contribution >= 4 is 45.2 Å². The summed E-state index contributed by atoms with van der Waals surface area (Å²) in [4.78, 5) is 1.80. The highest BCUT2D eigenvalue weighted by molar-refractivity contribution is 14.1. The summed E-state index contributed by atoms with van der Waals surface area (Å²) in [5, 5.41) is 13.3. The van der Waals surface area contributed by atoms with Gasteiger partial charge in [-0.25, -0.2) is 0 Å². The van der Waals surface area contributed by atoms with Crippen LogP contribution in [0.4, 0.5) is 13.2 Å². The van der Waals surface area contributed by atoms with Crippen molar-refractivity contribution in [3.05, 3.63) is 24.8 Å². The zero-order chi connectivity index (χ0) is 15.6. The van der Waals surface area contributed by atoms with Crippen molar-refractivity contribution < 1.29 is 18.3 Å². The summed E-state index contributed by atoms with van der Waals surface area (Å²) in [7, 11) is 0. The van der Waals surface area contributed by atoms with Gasteiger partial charge in [0.1, 0.15) is 5.75 Å². The molecule has 8 heteroatoms. The molecule has 21 heavy (non-hydrogen) atoms. The van der Waals surface area contributed by atoms with E-state index in [2.05, 4.69) is 27.9 Å². The lowest BCUT2D eigenvalue weighted by Gasteiger charge is -2.36. The van der Waals surface area contributed by atoms with E-state index in [1.165, 1.54) is 0 Å². The summed E-state index contributed by atoms with van der Waals surface area (Å²) < 4.78 is 40.3. The largest absolute Gasteiger partial charge is 0.506 e. The van der Waals surface area contributed by atoms with E-state index in [9.17, 15) is 18.3 Å². The second kappa shape index (κ2) is 7.18. The van der Waals surface area contributed by atoms with Crippen molar-refractivity contribution in [2.24, 2.45) is 0 Å². The Kier molecular flexibility index (Phi) is 5.99. The number of benzene rings is 1. The Balaban J connectivity index is 2.38. The summed E-state index contributed by atoms with van der Waals surface area (Å²) in [5.74, 6) is -0.0381. The number of nitrogens with zero attached hydrogens (tertiary/aromatic N) is 1. The van der Waals surface area contributed by atoms with E-state index < -0.39 is 18.6 Å². The number of phenols is 1. The number of alkyl halides is 3. The van der Waals surface area contributed by atoms with Gasteiger partial charge in [0.15, 0.2) is 0 Å². The van der Waals surface area contributed by atoms with E-state index in [0.717, 1.165) is 3.57 Å². The maximum atomic E-state index is 13.0. The summed E-state index contributed by atoms with van der Waals surface area (Å²) in [5.41, 5.74) is 0.366. The van der Waals surface area contributed by atoms with Gasteiger partial charge in [-0.2, -0.15) is 13.2 Å². The molecule has 1 aromatic carbocycles. The molecule has 2 N–H and O–H groups in total. The molecule has 0 bridgehead atoms. The van der Waals surface area contributed by atoms with E-state index in [1.54, 1.807) is 17.0 Å². The van der Waals surface area contributed by atoms with Crippen LogP contribution in [0.5, 0.6) is 5.75 Å². The number of piperazine rings is 1. The molecule has 0 aromatic heterocycles. The Labute approximate surface area is 148 Å². The van der Waals surface area contributed by atoms with Crippen molar-refractivity contribution in [1.82, 2.24) is 10.2 Å². The second-order valence-corrected chi connectivity index (χ2v) is 7.35. The minimum atomic E-state index is -4.27. The van der Waals surface area contributed by atoms with Gasteiger partial charge in [0, 0.05) is 41.4 Å². The first kappa shape index (κ1) is 17.5. The quantitative estimate of drug-likeness (QED) is 0.593. The monoisotopic (exact) mass is 526 g/mol. The fourth-order valence-corrected chi connectivity index (χ4v) is 4.38. The molecule has 1 aliphatic rings. The molecular formula is C13H15F3I2N2O. The van der Waals surface area contributed by atoms with E-state index >= 15 is 0 Å². The molecule has 118 valence electrons. The zero-order valence-corrected chi connectivity index (χ0v) is 15.4. The lowest BCUT2D eigenvalue weighted by atomic mass is 10.00. The van der Waals surface area contributed by atoms with Gasteiger partial charge < -0.3 is 10.4 Å². The van der Waals surface area contributed by atoms with Gasteiger partial charge in [-0.3, -0.25) is 4.90 Å². The number of aromatic hydroxyl groups is 1. The summed E-state index contributed by atoms with van der Waals surface area (Å²) in [6, 6.07) is 2.56. The number of nitrogens with one attached hydrogen (secondary N) is 1. The summed E-state index contributed by atoms with van der Waals surface area (Å²) in [6.07, 6.45) is -5.22. The number of halogens is 5. The predicted molar refractivity (Wildman–Crippen MR) is 91.4 cm³/mol. The molecule has 0 spiro atoms. The predicted octanol–water partition coefficient (Wildman–Crippen LogP) is 3.50. The van der Waals surface area contributed by atoms with Gasteiger partial charge in [-0.15, -0.1) is 0 Å². The van der Waals surface area contributed by atoms with Crippen molar-refractivity contribution in [3.63, 3.8) is 0 Å². The summed E-state index contributed by atoms with van der Waals surface area (Å²) in [6.45, 7) is 2.41. The Morgan fingerprint density at radius 2 is 1.86 bits per heavy atom. The maximum absolute atomic E-state index is 13.0. The first-order chi connectivity index (χ1) is 9.78. The molecule has 0 radical (unpaired) electrons. The minimum absolute atomic E-state index is 0.0381. The fourth-order valence-electron chi connectivity index (χ4n) is 2.49. The third kappa shape index (κ3) is 4.83. The van der Waals surface area contributed by atoms with Gasteiger partial charge in [-0.1, -0.05) is 0 Å². The average molecular weight is 526 g/mol. The van der Waals surface area contributed by atoms with Crippen molar-refractivity contribution in [3.8, 4) is 5.75 Å². The average Bonchev–Trinajstić information content (AvgIpc) is 2.40. The number of hydrogen-bond donors (Lipinski definition) is 2. The topological polar surface area (TPSA) is 35.5 Å². The van der Waals surface area contributed by atoms with E-state index in [0.29, 0.717) is 35.3 Å². The Bertz CT molecular complexity index is 505. The van der Waals surface area contributed by atoms with Gasteiger partial charge in [-0.05, 0) is 57.3 Å². The molecule has 1 atom stereocenters. The zero-order valence-electron chi connectivity index (χ0n) is 11.1. The third-order valence-corrected chi connectivity index (χ3v) is 4.88. The van der Waals surface area contributed by atoms with Crippen molar-refractivity contribution in [2.75, 3.05) is 26.2 Å². The van der Waals surface area contributed by atoms with Crippen molar-refractivity contribution in [1.29, 1.82) is 0 Å². The lowest BCUT2D eigenvalue weighted by Crippen LogP contribution is -2.46. The van der Waals surface area contributed by atoms with Crippen LogP contribution in [-0.2, 0) is 0 Å². The molecule has 3 nitrogen and oxygen atoms in total. The molecule has 0 saturated carbocycles. The van der Waals surface area contributed by atoms with E-state index in [1.807, 2.05) is 22.6 Å². The number of hydrogen-bond acceptors (Lipinski definition) is 3. The Morgan fingerprint density at radius 3 is 2.43 bits per heavy atom. The van der Waals surface area contributed by atoms with Gasteiger partial charge in [0.25, 0.3) is 0 Å². The second-order valence-electron chi connectivity index (χ2n) is 4.95. The highest BCUT2D eigenvalue weighted by Gasteiger charge is 2.37. The van der Waals surface area contributed by atoms with Crippen LogP contribution in [0.15, 0.2) is 12.1 Å². The number of rotatable bonds is 3. The SMILES string of the molecule is Oc1c(I)cc(I)cc1[C@@H](CC(F)(F)F)N1CCNCC1. The van der Waals surface area contributed by atoms with Crippen LogP contribution in [0.1, 0.15) is 18.0 Å². The molecule has 1 saturated heterocycles. The maximum Gasteiger partial charge on any atom is 0.390 e. The Morgan fingerprint density at radius 1 is 1.24 bits per heavy atom. The van der Waals surface area contributed by atoms with Gasteiger partial charge >= 0.3 is 6.18 Å². The van der Waals surface area contributed by atoms with Crippen LogP contribution in [0.3, 0.4) is 0 Å². The van der Waals surface area contributed by atoms with Crippen LogP contribution < -0.4 is 5.32 Å². The smallest absolute Gasteiger partial charge is 0.390 e. The molecule has 1 aromatic rings. The van der Waals surface area contributed by atoms with Crippen LogP contribution >= 0.6 is 45.2 Å². The third-order valence-electron chi connectivity index (χ3n) is 3.43. The van der Waals surface area contributed by atoms with Crippen LogP contribution in [0.25, 0.3) is 0 Å². The van der Waals surface area contributed by atoms with Crippen LogP contribution in [-0.4, -0.2) is 42.4 Å². The highest BCUT2D eigenvalue weighted by atomic mass is 127. The molecule has 2 rings (SSSR count). The lowest BCUT2D eigenvalue weighted by molar-refractivity contribution is -0.148. The molecule has 0 unspecified atom stereocenters. The Hall–Kier alpha value is 0.190.